The topological polar surface area (TPSA) is 56.0 Å². The molecule has 0 saturated carbocycles. The summed E-state index contributed by atoms with van der Waals surface area (Å²) in [4.78, 5) is 16.7. The van der Waals surface area contributed by atoms with Crippen molar-refractivity contribution in [3.8, 4) is 0 Å². The zero-order chi connectivity index (χ0) is 10.8. The van der Waals surface area contributed by atoms with Gasteiger partial charge in [-0.25, -0.2) is 4.98 Å². The number of anilines is 1. The number of carbonyl (C=O) groups is 1. The highest BCUT2D eigenvalue weighted by Crippen LogP contribution is 2.20. The number of pyridine rings is 1. The monoisotopic (exact) mass is 218 g/mol. The number of hydrogen-bond acceptors (Lipinski definition) is 4. The van der Waals surface area contributed by atoms with E-state index in [2.05, 4.69) is 4.98 Å². The van der Waals surface area contributed by atoms with Crippen LogP contribution in [0, 0.1) is 6.92 Å². The van der Waals surface area contributed by atoms with E-state index in [0.717, 1.165) is 5.56 Å². The third-order valence-corrected chi connectivity index (χ3v) is 3.03. The molecule has 0 atom stereocenters. The summed E-state index contributed by atoms with van der Waals surface area (Å²) in [5.74, 6) is 0.251. The van der Waals surface area contributed by atoms with E-state index in [1.54, 1.807) is 18.3 Å². The first kappa shape index (κ1) is 9.86. The molecule has 0 saturated heterocycles. The second kappa shape index (κ2) is 3.82. The van der Waals surface area contributed by atoms with Crippen LogP contribution in [-0.2, 0) is 0 Å². The highest BCUT2D eigenvalue weighted by Gasteiger charge is 2.16. The number of aryl methyl sites for hydroxylation is 1. The van der Waals surface area contributed by atoms with Crippen molar-refractivity contribution in [2.24, 2.45) is 0 Å². The summed E-state index contributed by atoms with van der Waals surface area (Å²) in [5.41, 5.74) is 7.08. The second-order valence-electron chi connectivity index (χ2n) is 3.19. The molecule has 0 aliphatic heterocycles. The Labute approximate surface area is 91.6 Å². The van der Waals surface area contributed by atoms with Gasteiger partial charge in [0, 0.05) is 6.20 Å². The Morgan fingerprint density at radius 2 is 2.27 bits per heavy atom. The molecule has 0 unspecified atom stereocenters. The van der Waals surface area contributed by atoms with Crippen molar-refractivity contribution in [1.29, 1.82) is 0 Å². The normalized spacial score (nSPS) is 10.2. The van der Waals surface area contributed by atoms with E-state index in [0.29, 0.717) is 16.3 Å². The third-order valence-electron chi connectivity index (χ3n) is 2.16. The van der Waals surface area contributed by atoms with Gasteiger partial charge < -0.3 is 5.73 Å². The first-order valence-corrected chi connectivity index (χ1v) is 5.37. The summed E-state index contributed by atoms with van der Waals surface area (Å²) in [7, 11) is 0. The van der Waals surface area contributed by atoms with Crippen LogP contribution in [0.25, 0.3) is 0 Å². The summed E-state index contributed by atoms with van der Waals surface area (Å²) in [6, 6.07) is 5.43. The van der Waals surface area contributed by atoms with Gasteiger partial charge in [0.25, 0.3) is 0 Å². The average Bonchev–Trinajstić information content (AvgIpc) is 2.69. The Kier molecular flexibility index (Phi) is 2.51. The number of ketones is 1. The highest BCUT2D eigenvalue weighted by atomic mass is 32.1. The molecule has 0 aromatic carbocycles. The van der Waals surface area contributed by atoms with Crippen LogP contribution in [0.3, 0.4) is 0 Å². The zero-order valence-electron chi connectivity index (χ0n) is 8.23. The number of nitrogen functional groups attached to an aromatic ring is 1. The fourth-order valence-corrected chi connectivity index (χ4v) is 2.08. The number of rotatable bonds is 2. The maximum absolute atomic E-state index is 12.0. The smallest absolute Gasteiger partial charge is 0.206 e. The fraction of sp³-hybridized carbons (Fsp3) is 0.0909. The largest absolute Gasteiger partial charge is 0.383 e. The molecule has 0 aliphatic carbocycles. The lowest BCUT2D eigenvalue weighted by Gasteiger charge is -2.05. The average molecular weight is 218 g/mol. The van der Waals surface area contributed by atoms with E-state index < -0.39 is 0 Å². The summed E-state index contributed by atoms with van der Waals surface area (Å²) in [6.45, 7) is 1.86. The highest BCUT2D eigenvalue weighted by molar-refractivity contribution is 7.12. The first-order chi connectivity index (χ1) is 7.20. The molecule has 2 rings (SSSR count). The number of carbonyl (C=O) groups excluding carboxylic acids is 1. The minimum atomic E-state index is -0.0481. The van der Waals surface area contributed by atoms with Crippen LogP contribution >= 0.6 is 11.3 Å². The van der Waals surface area contributed by atoms with Crippen molar-refractivity contribution >= 4 is 22.9 Å². The van der Waals surface area contributed by atoms with Crippen molar-refractivity contribution in [3.05, 3.63) is 45.8 Å². The Hall–Kier alpha value is -1.68. The minimum Gasteiger partial charge on any atom is -0.383 e. The molecule has 0 amide bonds. The van der Waals surface area contributed by atoms with Crippen molar-refractivity contribution in [2.75, 3.05) is 5.73 Å². The molecular formula is C11H10N2OS. The van der Waals surface area contributed by atoms with Gasteiger partial charge in [0.2, 0.25) is 5.78 Å². The third kappa shape index (κ3) is 1.76. The van der Waals surface area contributed by atoms with Crippen LogP contribution in [0.5, 0.6) is 0 Å². The van der Waals surface area contributed by atoms with E-state index in [1.807, 2.05) is 18.4 Å². The van der Waals surface area contributed by atoms with Gasteiger partial charge in [-0.05, 0) is 30.0 Å². The zero-order valence-corrected chi connectivity index (χ0v) is 9.04. The first-order valence-electron chi connectivity index (χ1n) is 4.49. The van der Waals surface area contributed by atoms with Gasteiger partial charge in [0.1, 0.15) is 5.82 Å². The fourth-order valence-electron chi connectivity index (χ4n) is 1.41. The number of hydrogen-bond donors (Lipinski definition) is 1. The molecule has 2 heterocycles. The summed E-state index contributed by atoms with van der Waals surface area (Å²) >= 11 is 1.41. The lowest BCUT2D eigenvalue weighted by Crippen LogP contribution is -2.07. The van der Waals surface area contributed by atoms with Gasteiger partial charge in [-0.3, -0.25) is 4.79 Å². The number of thiophene rings is 1. The van der Waals surface area contributed by atoms with E-state index in [9.17, 15) is 4.79 Å². The number of nitrogens with zero attached hydrogens (tertiary/aromatic N) is 1. The van der Waals surface area contributed by atoms with Crippen LogP contribution in [0.4, 0.5) is 5.82 Å². The molecule has 0 bridgehead atoms. The SMILES string of the molecule is Cc1ccnc(N)c1C(=O)c1cccs1. The molecule has 0 aliphatic rings. The van der Waals surface area contributed by atoms with Gasteiger partial charge in [-0.1, -0.05) is 6.07 Å². The number of aromatic nitrogens is 1. The molecule has 0 fully saturated rings. The molecule has 2 aromatic rings. The van der Waals surface area contributed by atoms with Crippen molar-refractivity contribution in [2.45, 2.75) is 6.92 Å². The predicted molar refractivity (Wildman–Crippen MR) is 61.1 cm³/mol. The van der Waals surface area contributed by atoms with E-state index in [-0.39, 0.29) is 5.78 Å². The van der Waals surface area contributed by atoms with Crippen molar-refractivity contribution in [3.63, 3.8) is 0 Å². The summed E-state index contributed by atoms with van der Waals surface area (Å²) in [5, 5.41) is 1.87. The van der Waals surface area contributed by atoms with Crippen LogP contribution in [-0.4, -0.2) is 10.8 Å². The van der Waals surface area contributed by atoms with Gasteiger partial charge in [-0.15, -0.1) is 11.3 Å². The van der Waals surface area contributed by atoms with Crippen molar-refractivity contribution < 1.29 is 4.79 Å². The Morgan fingerprint density at radius 3 is 2.87 bits per heavy atom. The van der Waals surface area contributed by atoms with Gasteiger partial charge in [-0.2, -0.15) is 0 Å². The Balaban J connectivity index is 2.51. The molecular weight excluding hydrogens is 208 g/mol. The minimum absolute atomic E-state index is 0.0481. The van der Waals surface area contributed by atoms with Crippen LogP contribution in [0.2, 0.25) is 0 Å². The molecule has 0 radical (unpaired) electrons. The second-order valence-corrected chi connectivity index (χ2v) is 4.14. The van der Waals surface area contributed by atoms with Gasteiger partial charge in [0.05, 0.1) is 10.4 Å². The maximum Gasteiger partial charge on any atom is 0.206 e. The molecule has 76 valence electrons. The van der Waals surface area contributed by atoms with Crippen molar-refractivity contribution in [1.82, 2.24) is 4.98 Å². The van der Waals surface area contributed by atoms with E-state index in [4.69, 9.17) is 5.73 Å². The number of nitrogens with two attached hydrogens (primary N) is 1. The van der Waals surface area contributed by atoms with E-state index >= 15 is 0 Å². The molecule has 4 heteroatoms. The standard InChI is InChI=1S/C11H10N2OS/c1-7-4-5-13-11(12)9(7)10(14)8-3-2-6-15-8/h2-6H,1H3,(H2,12,13). The molecule has 0 spiro atoms. The molecule has 2 aromatic heterocycles. The Morgan fingerprint density at radius 1 is 1.47 bits per heavy atom. The van der Waals surface area contributed by atoms with Crippen LogP contribution in [0.1, 0.15) is 20.8 Å². The summed E-state index contributed by atoms with van der Waals surface area (Å²) < 4.78 is 0. The molecule has 15 heavy (non-hydrogen) atoms. The molecule has 2 N–H and O–H groups in total. The quantitative estimate of drug-likeness (QED) is 0.787. The van der Waals surface area contributed by atoms with E-state index in [1.165, 1.54) is 11.3 Å². The predicted octanol–water partition coefficient (Wildman–Crippen LogP) is 2.26. The maximum atomic E-state index is 12.0. The Bertz CT molecular complexity index is 471. The lowest BCUT2D eigenvalue weighted by atomic mass is 10.1. The van der Waals surface area contributed by atoms with Crippen LogP contribution < -0.4 is 5.73 Å². The van der Waals surface area contributed by atoms with Gasteiger partial charge >= 0.3 is 0 Å². The summed E-state index contributed by atoms with van der Waals surface area (Å²) in [6.07, 6.45) is 1.61. The van der Waals surface area contributed by atoms with Gasteiger partial charge in [0.15, 0.2) is 0 Å². The lowest BCUT2D eigenvalue weighted by molar-refractivity contribution is 0.104. The van der Waals surface area contributed by atoms with Crippen LogP contribution in [0.15, 0.2) is 29.8 Å². The molecule has 3 nitrogen and oxygen atoms in total.